The van der Waals surface area contributed by atoms with Crippen molar-refractivity contribution >= 4 is 33.0 Å². The van der Waals surface area contributed by atoms with Crippen molar-refractivity contribution in [3.63, 3.8) is 0 Å². The highest BCUT2D eigenvalue weighted by molar-refractivity contribution is 7.91. The van der Waals surface area contributed by atoms with Gasteiger partial charge in [-0.05, 0) is 56.7 Å². The molecule has 3 N–H and O–H groups in total. The lowest BCUT2D eigenvalue weighted by atomic mass is 9.93. The first-order chi connectivity index (χ1) is 15.8. The van der Waals surface area contributed by atoms with Crippen LogP contribution in [0.3, 0.4) is 0 Å². The molecule has 9 heteroatoms. The first kappa shape index (κ1) is 23.9. The van der Waals surface area contributed by atoms with Crippen LogP contribution in [0.4, 0.5) is 11.4 Å². The summed E-state index contributed by atoms with van der Waals surface area (Å²) in [7, 11) is -3.09. The van der Waals surface area contributed by atoms with E-state index in [0.29, 0.717) is 17.7 Å². The number of hydrogen-bond acceptors (Lipinski definition) is 6. The Morgan fingerprint density at radius 1 is 1.00 bits per heavy atom. The smallest absolute Gasteiger partial charge is 0.250 e. The molecule has 1 atom stereocenters. The van der Waals surface area contributed by atoms with Crippen LogP contribution in [0, 0.1) is 0 Å². The van der Waals surface area contributed by atoms with Crippen LogP contribution < -0.4 is 16.0 Å². The lowest BCUT2D eigenvalue weighted by molar-refractivity contribution is -0.134. The summed E-state index contributed by atoms with van der Waals surface area (Å²) < 4.78 is 24.2. The molecular formula is C24H36N4O4S. The molecule has 1 unspecified atom stereocenters. The van der Waals surface area contributed by atoms with E-state index < -0.39 is 15.7 Å². The molecule has 0 aromatic heterocycles. The van der Waals surface area contributed by atoms with E-state index >= 15 is 0 Å². The Kier molecular flexibility index (Phi) is 7.46. The van der Waals surface area contributed by atoms with E-state index in [1.165, 1.54) is 6.42 Å². The zero-order valence-electron chi connectivity index (χ0n) is 19.3. The van der Waals surface area contributed by atoms with Gasteiger partial charge >= 0.3 is 0 Å². The summed E-state index contributed by atoms with van der Waals surface area (Å²) in [5, 5.41) is 3.13. The quantitative estimate of drug-likeness (QED) is 0.625. The van der Waals surface area contributed by atoms with Crippen molar-refractivity contribution in [2.75, 3.05) is 41.4 Å². The van der Waals surface area contributed by atoms with Gasteiger partial charge in [0.1, 0.15) is 0 Å². The monoisotopic (exact) mass is 476 g/mol. The number of rotatable bonds is 7. The van der Waals surface area contributed by atoms with Gasteiger partial charge in [-0.2, -0.15) is 0 Å². The molecule has 1 aromatic rings. The first-order valence-electron chi connectivity index (χ1n) is 12.3. The summed E-state index contributed by atoms with van der Waals surface area (Å²) >= 11 is 0. The summed E-state index contributed by atoms with van der Waals surface area (Å²) in [6.45, 7) is 1.94. The maximum absolute atomic E-state index is 13.4. The van der Waals surface area contributed by atoms with Gasteiger partial charge in [0.05, 0.1) is 23.6 Å². The topological polar surface area (TPSA) is 113 Å². The van der Waals surface area contributed by atoms with E-state index in [2.05, 4.69) is 10.2 Å². The second kappa shape index (κ2) is 10.3. The number of piperidine rings is 1. The number of carbonyl (C=O) groups excluding carboxylic acids is 2. The van der Waals surface area contributed by atoms with Crippen LogP contribution in [0.1, 0.15) is 68.1 Å². The number of anilines is 2. The largest absolute Gasteiger partial charge is 0.376 e. The Hall–Kier alpha value is -2.29. The predicted molar refractivity (Wildman–Crippen MR) is 130 cm³/mol. The third-order valence-electron chi connectivity index (χ3n) is 7.28. The number of primary amides is 1. The third kappa shape index (κ3) is 5.80. The van der Waals surface area contributed by atoms with Crippen LogP contribution in [-0.2, 0) is 14.6 Å². The van der Waals surface area contributed by atoms with E-state index in [1.54, 1.807) is 0 Å². The molecule has 182 valence electrons. The summed E-state index contributed by atoms with van der Waals surface area (Å²) in [6, 6.07) is 5.42. The zero-order valence-corrected chi connectivity index (χ0v) is 20.1. The molecule has 0 spiro atoms. The van der Waals surface area contributed by atoms with Gasteiger partial charge in [0.25, 0.3) is 5.91 Å². The molecule has 3 aliphatic rings. The molecule has 1 saturated carbocycles. The van der Waals surface area contributed by atoms with Crippen LogP contribution in [0.2, 0.25) is 0 Å². The fraction of sp³-hybridized carbons (Fsp3) is 0.667. The number of hydrogen-bond donors (Lipinski definition) is 2. The van der Waals surface area contributed by atoms with Crippen LogP contribution in [0.15, 0.2) is 18.2 Å². The Labute approximate surface area is 196 Å². The SMILES string of the molecule is NC(=O)c1cc(N2CCCCC2)ccc1NCC(=O)N(C1CCCCC1)C1CCS(=O)(=O)C1. The molecule has 0 bridgehead atoms. The maximum Gasteiger partial charge on any atom is 0.250 e. The Morgan fingerprint density at radius 2 is 1.70 bits per heavy atom. The van der Waals surface area contributed by atoms with Crippen molar-refractivity contribution in [2.45, 2.75) is 69.9 Å². The first-order valence-corrected chi connectivity index (χ1v) is 14.1. The number of benzene rings is 1. The van der Waals surface area contributed by atoms with Crippen molar-refractivity contribution in [3.05, 3.63) is 23.8 Å². The number of carbonyl (C=O) groups is 2. The van der Waals surface area contributed by atoms with E-state index in [-0.39, 0.29) is 36.0 Å². The van der Waals surface area contributed by atoms with Gasteiger partial charge < -0.3 is 20.9 Å². The normalized spacial score (nSPS) is 23.3. The highest BCUT2D eigenvalue weighted by Crippen LogP contribution is 2.29. The lowest BCUT2D eigenvalue weighted by Gasteiger charge is -2.38. The van der Waals surface area contributed by atoms with Gasteiger partial charge in [-0.25, -0.2) is 8.42 Å². The third-order valence-corrected chi connectivity index (χ3v) is 9.03. The van der Waals surface area contributed by atoms with Crippen LogP contribution in [0.5, 0.6) is 0 Å². The molecule has 2 saturated heterocycles. The molecule has 33 heavy (non-hydrogen) atoms. The van der Waals surface area contributed by atoms with Crippen molar-refractivity contribution in [3.8, 4) is 0 Å². The lowest BCUT2D eigenvalue weighted by Crippen LogP contribution is -2.50. The zero-order chi connectivity index (χ0) is 23.4. The summed E-state index contributed by atoms with van der Waals surface area (Å²) in [6.07, 6.45) is 9.10. The number of nitrogens with two attached hydrogens (primary N) is 1. The van der Waals surface area contributed by atoms with Gasteiger partial charge in [-0.3, -0.25) is 9.59 Å². The highest BCUT2D eigenvalue weighted by Gasteiger charge is 2.38. The average Bonchev–Trinajstić information content (AvgIpc) is 3.18. The van der Waals surface area contributed by atoms with Crippen molar-refractivity contribution < 1.29 is 18.0 Å². The second-order valence-electron chi connectivity index (χ2n) is 9.65. The Morgan fingerprint density at radius 3 is 2.33 bits per heavy atom. The maximum atomic E-state index is 13.4. The standard InChI is InChI=1S/C24H36N4O4S/c25-24(30)21-15-19(27-12-5-2-6-13-27)9-10-22(21)26-16-23(29)28(18-7-3-1-4-8-18)20-11-14-33(31,32)17-20/h9-10,15,18,20,26H,1-8,11-14,16-17H2,(H2,25,30). The molecule has 4 rings (SSSR count). The van der Waals surface area contributed by atoms with Crippen molar-refractivity contribution in [1.29, 1.82) is 0 Å². The minimum atomic E-state index is -3.09. The Balaban J connectivity index is 1.48. The van der Waals surface area contributed by atoms with Crippen LogP contribution >= 0.6 is 0 Å². The van der Waals surface area contributed by atoms with E-state index in [1.807, 2.05) is 23.1 Å². The van der Waals surface area contributed by atoms with Crippen molar-refractivity contribution in [1.82, 2.24) is 4.90 Å². The van der Waals surface area contributed by atoms with Gasteiger partial charge in [0.2, 0.25) is 5.91 Å². The van der Waals surface area contributed by atoms with E-state index in [9.17, 15) is 18.0 Å². The molecule has 2 heterocycles. The van der Waals surface area contributed by atoms with Gasteiger partial charge in [-0.1, -0.05) is 19.3 Å². The van der Waals surface area contributed by atoms with E-state index in [4.69, 9.17) is 5.73 Å². The molecular weight excluding hydrogens is 440 g/mol. The number of sulfone groups is 1. The molecule has 8 nitrogen and oxygen atoms in total. The van der Waals surface area contributed by atoms with Crippen LogP contribution in [0.25, 0.3) is 0 Å². The van der Waals surface area contributed by atoms with Gasteiger partial charge in [0.15, 0.2) is 9.84 Å². The molecule has 3 fully saturated rings. The fourth-order valence-corrected chi connectivity index (χ4v) is 7.27. The second-order valence-corrected chi connectivity index (χ2v) is 11.9. The predicted octanol–water partition coefficient (Wildman–Crippen LogP) is 2.54. The van der Waals surface area contributed by atoms with E-state index in [0.717, 1.165) is 63.7 Å². The molecule has 1 aliphatic carbocycles. The minimum absolute atomic E-state index is 0.0103. The molecule has 0 radical (unpaired) electrons. The molecule has 1 aromatic carbocycles. The fourth-order valence-electron chi connectivity index (χ4n) is 5.56. The average molecular weight is 477 g/mol. The summed E-state index contributed by atoms with van der Waals surface area (Å²) in [5.41, 5.74) is 7.55. The summed E-state index contributed by atoms with van der Waals surface area (Å²) in [4.78, 5) is 29.6. The minimum Gasteiger partial charge on any atom is -0.376 e. The number of amides is 2. The van der Waals surface area contributed by atoms with Crippen molar-refractivity contribution in [2.24, 2.45) is 5.73 Å². The van der Waals surface area contributed by atoms with Gasteiger partial charge in [-0.15, -0.1) is 0 Å². The highest BCUT2D eigenvalue weighted by atomic mass is 32.2. The summed E-state index contributed by atoms with van der Waals surface area (Å²) in [5.74, 6) is -0.452. The molecule has 2 amide bonds. The van der Waals surface area contributed by atoms with Crippen LogP contribution in [-0.4, -0.2) is 68.4 Å². The number of nitrogens with zero attached hydrogens (tertiary/aromatic N) is 2. The molecule has 2 aliphatic heterocycles. The Bertz CT molecular complexity index is 969. The number of nitrogens with one attached hydrogen (secondary N) is 1. The van der Waals surface area contributed by atoms with Gasteiger partial charge in [0, 0.05) is 36.5 Å².